The van der Waals surface area contributed by atoms with Gasteiger partial charge in [-0.1, -0.05) is 30.3 Å². The van der Waals surface area contributed by atoms with Crippen molar-refractivity contribution in [1.29, 1.82) is 0 Å². The lowest BCUT2D eigenvalue weighted by Gasteiger charge is -2.08. The molecule has 2 aromatic carbocycles. The monoisotopic (exact) mass is 255 g/mol. The second-order valence-electron chi connectivity index (χ2n) is 4.18. The molecule has 0 aliphatic heterocycles. The number of carbonyl (C=O) groups excluding carboxylic acids is 1. The fraction of sp³-hybridized carbons (Fsp3) is 0.133. The first-order chi connectivity index (χ1) is 9.28. The molecule has 0 aromatic heterocycles. The second-order valence-corrected chi connectivity index (χ2v) is 4.18. The highest BCUT2D eigenvalue weighted by Gasteiger charge is 2.02. The van der Waals surface area contributed by atoms with Gasteiger partial charge in [-0.2, -0.15) is 0 Å². The van der Waals surface area contributed by atoms with Crippen molar-refractivity contribution < 1.29 is 4.79 Å². The van der Waals surface area contributed by atoms with E-state index in [9.17, 15) is 4.79 Å². The number of nitrogens with one attached hydrogen (secondary N) is 2. The van der Waals surface area contributed by atoms with Crippen LogP contribution in [-0.2, 0) is 6.42 Å². The number of rotatable bonds is 4. The zero-order chi connectivity index (χ0) is 13.5. The van der Waals surface area contributed by atoms with Gasteiger partial charge in [0.2, 0.25) is 0 Å². The Labute approximate surface area is 112 Å². The maximum atomic E-state index is 11.8. The number of carbonyl (C=O) groups is 1. The average molecular weight is 255 g/mol. The van der Waals surface area contributed by atoms with E-state index in [1.807, 2.05) is 54.6 Å². The van der Waals surface area contributed by atoms with E-state index in [-0.39, 0.29) is 6.03 Å². The van der Waals surface area contributed by atoms with E-state index >= 15 is 0 Å². The summed E-state index contributed by atoms with van der Waals surface area (Å²) >= 11 is 0. The number of benzene rings is 2. The maximum Gasteiger partial charge on any atom is 0.323 e. The molecule has 4 nitrogen and oxygen atoms in total. The summed E-state index contributed by atoms with van der Waals surface area (Å²) in [6, 6.07) is 16.7. The van der Waals surface area contributed by atoms with E-state index in [0.717, 1.165) is 23.4 Å². The SMILES string of the molecule is NCCc1ccc(NC(=O)Nc2ccccc2)cc1. The smallest absolute Gasteiger partial charge is 0.323 e. The molecule has 4 N–H and O–H groups in total. The summed E-state index contributed by atoms with van der Waals surface area (Å²) in [5.74, 6) is 0. The molecule has 0 bridgehead atoms. The third-order valence-corrected chi connectivity index (χ3v) is 2.68. The number of para-hydroxylation sites is 1. The summed E-state index contributed by atoms with van der Waals surface area (Å²) in [7, 11) is 0. The van der Waals surface area contributed by atoms with Gasteiger partial charge in [0.25, 0.3) is 0 Å². The van der Waals surface area contributed by atoms with Gasteiger partial charge in [-0.15, -0.1) is 0 Å². The molecule has 0 saturated heterocycles. The molecule has 2 rings (SSSR count). The van der Waals surface area contributed by atoms with Crippen LogP contribution in [0.2, 0.25) is 0 Å². The second kappa shape index (κ2) is 6.56. The molecule has 2 amide bonds. The highest BCUT2D eigenvalue weighted by Crippen LogP contribution is 2.11. The third-order valence-electron chi connectivity index (χ3n) is 2.68. The molecular formula is C15H17N3O. The van der Waals surface area contributed by atoms with Gasteiger partial charge < -0.3 is 16.4 Å². The van der Waals surface area contributed by atoms with Gasteiger partial charge in [-0.25, -0.2) is 4.79 Å². The first-order valence-corrected chi connectivity index (χ1v) is 6.20. The minimum Gasteiger partial charge on any atom is -0.330 e. The molecule has 0 aliphatic carbocycles. The fourth-order valence-corrected chi connectivity index (χ4v) is 1.74. The summed E-state index contributed by atoms with van der Waals surface area (Å²) in [6.07, 6.45) is 0.844. The summed E-state index contributed by atoms with van der Waals surface area (Å²) in [6.45, 7) is 0.626. The predicted octanol–water partition coefficient (Wildman–Crippen LogP) is 2.83. The van der Waals surface area contributed by atoms with Gasteiger partial charge in [0.05, 0.1) is 0 Å². The first-order valence-electron chi connectivity index (χ1n) is 6.20. The summed E-state index contributed by atoms with van der Waals surface area (Å²) in [5, 5.41) is 5.54. The molecule has 0 heterocycles. The van der Waals surface area contributed by atoms with Crippen LogP contribution in [0.15, 0.2) is 54.6 Å². The molecule has 98 valence electrons. The van der Waals surface area contributed by atoms with Crippen LogP contribution >= 0.6 is 0 Å². The van der Waals surface area contributed by atoms with Crippen LogP contribution in [0.3, 0.4) is 0 Å². The Morgan fingerprint density at radius 3 is 2.05 bits per heavy atom. The van der Waals surface area contributed by atoms with Gasteiger partial charge in [0.15, 0.2) is 0 Å². The Morgan fingerprint density at radius 1 is 0.895 bits per heavy atom. The Kier molecular flexibility index (Phi) is 4.53. The Hall–Kier alpha value is -2.33. The number of hydrogen-bond donors (Lipinski definition) is 3. The molecule has 0 spiro atoms. The molecule has 0 atom stereocenters. The number of anilines is 2. The average Bonchev–Trinajstić information content (AvgIpc) is 2.42. The predicted molar refractivity (Wildman–Crippen MR) is 78.3 cm³/mol. The number of urea groups is 1. The van der Waals surface area contributed by atoms with Crippen molar-refractivity contribution in [3.8, 4) is 0 Å². The number of hydrogen-bond acceptors (Lipinski definition) is 2. The quantitative estimate of drug-likeness (QED) is 0.786. The molecule has 0 radical (unpaired) electrons. The van der Waals surface area contributed by atoms with Gasteiger partial charge in [-0.3, -0.25) is 0 Å². The Morgan fingerprint density at radius 2 is 1.47 bits per heavy atom. The molecule has 0 aliphatic rings. The van der Waals surface area contributed by atoms with Crippen molar-refractivity contribution in [1.82, 2.24) is 0 Å². The van der Waals surface area contributed by atoms with Crippen LogP contribution in [0.25, 0.3) is 0 Å². The van der Waals surface area contributed by atoms with Crippen LogP contribution < -0.4 is 16.4 Å². The lowest BCUT2D eigenvalue weighted by atomic mass is 10.1. The normalized spacial score (nSPS) is 9.95. The van der Waals surface area contributed by atoms with Crippen molar-refractivity contribution >= 4 is 17.4 Å². The van der Waals surface area contributed by atoms with E-state index in [1.54, 1.807) is 0 Å². The topological polar surface area (TPSA) is 67.1 Å². The highest BCUT2D eigenvalue weighted by molar-refractivity contribution is 5.99. The summed E-state index contributed by atoms with van der Waals surface area (Å²) in [5.41, 5.74) is 8.17. The number of nitrogens with two attached hydrogens (primary N) is 1. The number of amides is 2. The standard InChI is InChI=1S/C15H17N3O/c16-11-10-12-6-8-14(9-7-12)18-15(19)17-13-4-2-1-3-5-13/h1-9H,10-11,16H2,(H2,17,18,19). The molecule has 4 heteroatoms. The van der Waals surface area contributed by atoms with Crippen molar-refractivity contribution in [3.05, 3.63) is 60.2 Å². The van der Waals surface area contributed by atoms with Crippen molar-refractivity contribution in [2.45, 2.75) is 6.42 Å². The van der Waals surface area contributed by atoms with Crippen LogP contribution in [0.5, 0.6) is 0 Å². The van der Waals surface area contributed by atoms with E-state index in [0.29, 0.717) is 6.54 Å². The van der Waals surface area contributed by atoms with Crippen LogP contribution in [-0.4, -0.2) is 12.6 Å². The Bertz CT molecular complexity index is 523. The van der Waals surface area contributed by atoms with E-state index < -0.39 is 0 Å². The van der Waals surface area contributed by atoms with Gasteiger partial charge >= 0.3 is 6.03 Å². The lowest BCUT2D eigenvalue weighted by Crippen LogP contribution is -2.19. The van der Waals surface area contributed by atoms with E-state index in [1.165, 1.54) is 0 Å². The Balaban J connectivity index is 1.91. The largest absolute Gasteiger partial charge is 0.330 e. The van der Waals surface area contributed by atoms with E-state index in [2.05, 4.69) is 10.6 Å². The van der Waals surface area contributed by atoms with Crippen LogP contribution in [0.1, 0.15) is 5.56 Å². The third kappa shape index (κ3) is 4.12. The lowest BCUT2D eigenvalue weighted by molar-refractivity contribution is 0.262. The van der Waals surface area contributed by atoms with E-state index in [4.69, 9.17) is 5.73 Å². The first kappa shape index (κ1) is 13.1. The molecule has 2 aromatic rings. The molecule has 0 unspecified atom stereocenters. The fourth-order valence-electron chi connectivity index (χ4n) is 1.74. The van der Waals surface area contributed by atoms with Gasteiger partial charge in [0, 0.05) is 11.4 Å². The minimum absolute atomic E-state index is 0.252. The van der Waals surface area contributed by atoms with Crippen LogP contribution in [0.4, 0.5) is 16.2 Å². The summed E-state index contributed by atoms with van der Waals surface area (Å²) < 4.78 is 0. The van der Waals surface area contributed by atoms with Crippen LogP contribution in [0, 0.1) is 0 Å². The summed E-state index contributed by atoms with van der Waals surface area (Å²) in [4.78, 5) is 11.8. The molecule has 19 heavy (non-hydrogen) atoms. The van der Waals surface area contributed by atoms with Gasteiger partial charge in [0.1, 0.15) is 0 Å². The highest BCUT2D eigenvalue weighted by atomic mass is 16.2. The zero-order valence-corrected chi connectivity index (χ0v) is 10.6. The van der Waals surface area contributed by atoms with Gasteiger partial charge in [-0.05, 0) is 42.8 Å². The van der Waals surface area contributed by atoms with Crippen molar-refractivity contribution in [2.24, 2.45) is 5.73 Å². The zero-order valence-electron chi connectivity index (χ0n) is 10.6. The molecule has 0 saturated carbocycles. The maximum absolute atomic E-state index is 11.8. The van der Waals surface area contributed by atoms with Crippen molar-refractivity contribution in [2.75, 3.05) is 17.2 Å². The molecule has 0 fully saturated rings. The van der Waals surface area contributed by atoms with Crippen molar-refractivity contribution in [3.63, 3.8) is 0 Å². The molecular weight excluding hydrogens is 238 g/mol. The minimum atomic E-state index is -0.252.